The summed E-state index contributed by atoms with van der Waals surface area (Å²) in [5.74, 6) is 0. The molecule has 0 spiro atoms. The Morgan fingerprint density at radius 2 is 1.17 bits per heavy atom. The van der Waals surface area contributed by atoms with E-state index in [1.165, 1.54) is 0 Å². The van der Waals surface area contributed by atoms with Gasteiger partial charge in [0, 0.05) is 7.11 Å². The van der Waals surface area contributed by atoms with E-state index in [4.69, 9.17) is 5.11 Å². The summed E-state index contributed by atoms with van der Waals surface area (Å²) in [6.45, 7) is 0. The van der Waals surface area contributed by atoms with Crippen molar-refractivity contribution in [1.82, 2.24) is 0 Å². The molecule has 0 bridgehead atoms. The molecule has 6 heavy (non-hydrogen) atoms. The van der Waals surface area contributed by atoms with Crippen molar-refractivity contribution in [2.45, 2.75) is 0 Å². The Morgan fingerprint density at radius 3 is 1.17 bits per heavy atom. The zero-order valence-corrected chi connectivity index (χ0v) is 7.81. The Labute approximate surface area is 73.6 Å². The van der Waals surface area contributed by atoms with E-state index < -0.39 is 0 Å². The fourth-order valence-electron chi connectivity index (χ4n) is 0. The van der Waals surface area contributed by atoms with E-state index in [9.17, 15) is 0 Å². The first-order chi connectivity index (χ1) is 1.00. The topological polar surface area (TPSA) is 20.2 Å². The van der Waals surface area contributed by atoms with Crippen molar-refractivity contribution in [3.8, 4) is 0 Å². The van der Waals surface area contributed by atoms with Gasteiger partial charge in [0.15, 0.2) is 0 Å². The third-order valence-electron chi connectivity index (χ3n) is 0. The zero-order chi connectivity index (χ0) is 2.00. The average Bonchev–Trinajstić information content (AvgIpc) is 1.00. The molecule has 0 aromatic carbocycles. The number of hydrogen-bond acceptors (Lipinski definition) is 1. The molecule has 0 aromatic rings. The summed E-state index contributed by atoms with van der Waals surface area (Å²) >= 11 is 0. The average molecular weight is 142 g/mol. The van der Waals surface area contributed by atoms with Crippen LogP contribution in [0, 0.1) is 7.43 Å². The molecule has 4 heteroatoms. The number of hydrogen-bond donors (Lipinski definition) is 1. The molecule has 0 saturated carbocycles. The molecule has 0 atom stereocenters. The Hall–Kier alpha value is 1.54. The monoisotopic (exact) mass is 141 g/mol. The molecular weight excluding hydrogens is 134 g/mol. The van der Waals surface area contributed by atoms with Gasteiger partial charge in [-0.3, -0.25) is 0 Å². The summed E-state index contributed by atoms with van der Waals surface area (Å²) in [4.78, 5) is 0. The van der Waals surface area contributed by atoms with Gasteiger partial charge >= 0.3 is 29.6 Å². The molecule has 0 aliphatic carbocycles. The molecule has 38 valence electrons. The van der Waals surface area contributed by atoms with Gasteiger partial charge in [-0.1, -0.05) is 0 Å². The van der Waals surface area contributed by atoms with Crippen molar-refractivity contribution in [1.29, 1.82) is 0 Å². The van der Waals surface area contributed by atoms with Gasteiger partial charge in [0.25, 0.3) is 0 Å². The minimum absolute atomic E-state index is 0. The van der Waals surface area contributed by atoms with Gasteiger partial charge in [-0.25, -0.2) is 0 Å². The first kappa shape index (κ1) is 50.0. The van der Waals surface area contributed by atoms with E-state index in [-0.39, 0.29) is 61.8 Å². The van der Waals surface area contributed by atoms with Crippen molar-refractivity contribution in [2.75, 3.05) is 7.11 Å². The summed E-state index contributed by atoms with van der Waals surface area (Å²) in [5, 5.41) is 7.00. The Balaban J connectivity index is -0.000000000833. The van der Waals surface area contributed by atoms with Gasteiger partial charge in [-0.05, 0) is 0 Å². The standard InChI is InChI=1S/CH4O.CH3.2ClH.Na/c1-2;;;;/h2H,1H3;1H3;2*1H;/q;-1;;;+1/p-1. The molecule has 0 radical (unpaired) electrons. The minimum atomic E-state index is 0. The number of aliphatic hydroxyl groups is 1. The van der Waals surface area contributed by atoms with Crippen molar-refractivity contribution in [2.24, 2.45) is 0 Å². The third-order valence-corrected chi connectivity index (χ3v) is 0. The van der Waals surface area contributed by atoms with E-state index in [0.717, 1.165) is 7.11 Å². The van der Waals surface area contributed by atoms with E-state index in [2.05, 4.69) is 0 Å². The first-order valence-corrected chi connectivity index (χ1v) is 0.447. The Kier molecular flexibility index (Phi) is 705. The normalized spacial score (nSPS) is 1.00. The molecule has 0 aromatic heterocycles. The van der Waals surface area contributed by atoms with Crippen molar-refractivity contribution in [3.63, 3.8) is 0 Å². The third kappa shape index (κ3) is 48.1. The fourth-order valence-corrected chi connectivity index (χ4v) is 0. The zero-order valence-electron chi connectivity index (χ0n) is 4.23. The van der Waals surface area contributed by atoms with Crippen molar-refractivity contribution < 1.29 is 47.1 Å². The predicted octanol–water partition coefficient (Wildman–Crippen LogP) is -5.51. The first-order valence-electron chi connectivity index (χ1n) is 0.447. The molecule has 0 aliphatic rings. The second kappa shape index (κ2) is 84.6. The van der Waals surface area contributed by atoms with Gasteiger partial charge in [0.05, 0.1) is 0 Å². The molecule has 0 rings (SSSR count). The van der Waals surface area contributed by atoms with Crippen LogP contribution in [0.15, 0.2) is 0 Å². The maximum atomic E-state index is 7.00. The summed E-state index contributed by atoms with van der Waals surface area (Å²) in [6.07, 6.45) is 0. The van der Waals surface area contributed by atoms with Gasteiger partial charge < -0.3 is 24.9 Å². The SMILES string of the molecule is CO.Cl.[CH3-].[Cl-].[Na+]. The van der Waals surface area contributed by atoms with Crippen molar-refractivity contribution in [3.05, 3.63) is 7.43 Å². The van der Waals surface area contributed by atoms with Crippen LogP contribution in [0.4, 0.5) is 0 Å². The second-order valence-electron chi connectivity index (χ2n) is 0. The molecule has 0 fully saturated rings. The Bertz CT molecular complexity index is 11.5. The van der Waals surface area contributed by atoms with Crippen LogP contribution in [0.25, 0.3) is 0 Å². The van der Waals surface area contributed by atoms with Gasteiger partial charge in [-0.15, -0.1) is 12.4 Å². The Morgan fingerprint density at radius 1 is 1.17 bits per heavy atom. The van der Waals surface area contributed by atoms with Gasteiger partial charge in [0.2, 0.25) is 0 Å². The molecule has 0 unspecified atom stereocenters. The van der Waals surface area contributed by atoms with Crippen LogP contribution in [0.2, 0.25) is 0 Å². The quantitative estimate of drug-likeness (QED) is 0.264. The molecule has 1 nitrogen and oxygen atoms in total. The van der Waals surface area contributed by atoms with Crippen LogP contribution in [-0.4, -0.2) is 12.2 Å². The van der Waals surface area contributed by atoms with Crippen LogP contribution in [0.5, 0.6) is 0 Å². The van der Waals surface area contributed by atoms with Crippen LogP contribution in [0.3, 0.4) is 0 Å². The van der Waals surface area contributed by atoms with E-state index >= 15 is 0 Å². The maximum Gasteiger partial charge on any atom is 1.00 e. The maximum absolute atomic E-state index is 7.00. The summed E-state index contributed by atoms with van der Waals surface area (Å²) in [6, 6.07) is 0. The minimum Gasteiger partial charge on any atom is -1.00 e. The largest absolute Gasteiger partial charge is 1.00 e. The van der Waals surface area contributed by atoms with E-state index in [1.807, 2.05) is 0 Å². The summed E-state index contributed by atoms with van der Waals surface area (Å²) < 4.78 is 0. The second-order valence-corrected chi connectivity index (χ2v) is 0. The predicted molar refractivity (Wildman–Crippen MR) is 21.8 cm³/mol. The molecule has 0 heterocycles. The van der Waals surface area contributed by atoms with E-state index in [1.54, 1.807) is 0 Å². The molecule has 0 aliphatic heterocycles. The fraction of sp³-hybridized carbons (Fsp3) is 0.500. The molecule has 1 N–H and O–H groups in total. The number of halogens is 2. The van der Waals surface area contributed by atoms with Crippen LogP contribution in [0.1, 0.15) is 0 Å². The van der Waals surface area contributed by atoms with Crippen LogP contribution >= 0.6 is 12.4 Å². The number of aliphatic hydroxyl groups excluding tert-OH is 1. The smallest absolute Gasteiger partial charge is 1.00 e. The molecule has 0 saturated heterocycles. The summed E-state index contributed by atoms with van der Waals surface area (Å²) in [7, 11) is 1.00. The molecule has 0 amide bonds. The van der Waals surface area contributed by atoms with Gasteiger partial charge in [-0.2, -0.15) is 0 Å². The molecular formula is C2H8Cl2NaO-. The van der Waals surface area contributed by atoms with Crippen molar-refractivity contribution >= 4 is 12.4 Å². The summed E-state index contributed by atoms with van der Waals surface area (Å²) in [5.41, 5.74) is 0. The van der Waals surface area contributed by atoms with Crippen LogP contribution < -0.4 is 42.0 Å². The van der Waals surface area contributed by atoms with Gasteiger partial charge in [0.1, 0.15) is 0 Å². The van der Waals surface area contributed by atoms with Crippen LogP contribution in [-0.2, 0) is 0 Å². The van der Waals surface area contributed by atoms with E-state index in [0.29, 0.717) is 0 Å². The number of rotatable bonds is 0.